The van der Waals surface area contributed by atoms with E-state index in [9.17, 15) is 0 Å². The molecule has 0 bridgehead atoms. The molecular weight excluding hydrogens is 285 g/mol. The van der Waals surface area contributed by atoms with E-state index in [2.05, 4.69) is 10.3 Å². The van der Waals surface area contributed by atoms with Crippen LogP contribution < -0.4 is 5.48 Å². The predicted molar refractivity (Wildman–Crippen MR) is 31.0 cm³/mol. The second kappa shape index (κ2) is 4.17. The Labute approximate surface area is 62.3 Å². The van der Waals surface area contributed by atoms with E-state index in [0.29, 0.717) is 0 Å². The summed E-state index contributed by atoms with van der Waals surface area (Å²) in [4.78, 5) is 4.55. The number of hydrogen-bond acceptors (Lipinski definition) is 2. The fourth-order valence-corrected chi connectivity index (χ4v) is 0.258. The molecule has 0 saturated heterocycles. The minimum atomic E-state index is 0. The fourth-order valence-electron chi connectivity index (χ4n) is 0.258. The minimum absolute atomic E-state index is 0. The van der Waals surface area contributed by atoms with Crippen LogP contribution in [0.2, 0.25) is 0 Å². The van der Waals surface area contributed by atoms with E-state index in [-0.39, 0.29) is 27.3 Å². The van der Waals surface area contributed by atoms with Gasteiger partial charge in [0.2, 0.25) is 0 Å². The molecule has 0 aliphatic carbocycles. The molecule has 0 saturated carbocycles. The van der Waals surface area contributed by atoms with E-state index < -0.39 is 0 Å². The van der Waals surface area contributed by atoms with Crippen LogP contribution in [0.5, 0.6) is 0 Å². The summed E-state index contributed by atoms with van der Waals surface area (Å²) < 4.78 is 0. The van der Waals surface area contributed by atoms with Gasteiger partial charge in [0.1, 0.15) is 6.26 Å². The quantitative estimate of drug-likeness (QED) is 0.615. The van der Waals surface area contributed by atoms with Gasteiger partial charge in [-0.25, -0.2) is 5.48 Å². The van der Waals surface area contributed by atoms with Crippen molar-refractivity contribution in [3.05, 3.63) is 24.6 Å². The Morgan fingerprint density at radius 3 is 2.29 bits per heavy atom. The average molecular weight is 292 g/mol. The molecule has 7 heavy (non-hydrogen) atoms. The second-order valence-corrected chi connectivity index (χ2v) is 0.923. The molecule has 1 aliphatic rings. The number of hydrogen-bond donors (Lipinski definition) is 1. The van der Waals surface area contributed by atoms with Crippen LogP contribution in [0.25, 0.3) is 0 Å². The standard InChI is InChI=1S/C4H5NO.Pb.2H/c1-2-4-6-5-3-1;;;/h1-5H;;;. The van der Waals surface area contributed by atoms with Gasteiger partial charge in [0.15, 0.2) is 0 Å². The Bertz CT molecular complexity index is 77.7. The maximum atomic E-state index is 4.55. The van der Waals surface area contributed by atoms with Crippen LogP contribution in [0.1, 0.15) is 0 Å². The molecule has 38 valence electrons. The first-order chi connectivity index (χ1) is 3.00. The molecule has 0 amide bonds. The molecular formula is C4H7NOPb. The van der Waals surface area contributed by atoms with Gasteiger partial charge in [-0.05, 0) is 12.2 Å². The van der Waals surface area contributed by atoms with Crippen molar-refractivity contribution in [2.75, 3.05) is 0 Å². The first-order valence-electron chi connectivity index (χ1n) is 1.73. The third-order valence-electron chi connectivity index (χ3n) is 0.490. The molecule has 0 aromatic heterocycles. The summed E-state index contributed by atoms with van der Waals surface area (Å²) in [6.45, 7) is 0. The van der Waals surface area contributed by atoms with Crippen LogP contribution in [-0.4, -0.2) is 27.3 Å². The van der Waals surface area contributed by atoms with Crippen LogP contribution in [0, 0.1) is 0 Å². The Kier molecular flexibility index (Phi) is 4.17. The summed E-state index contributed by atoms with van der Waals surface area (Å²) in [5, 5.41) is 0. The van der Waals surface area contributed by atoms with Crippen molar-refractivity contribution >= 4 is 27.3 Å². The van der Waals surface area contributed by atoms with Gasteiger partial charge in [-0.3, -0.25) is 0 Å². The van der Waals surface area contributed by atoms with E-state index in [1.54, 1.807) is 18.5 Å². The van der Waals surface area contributed by atoms with Crippen LogP contribution in [-0.2, 0) is 4.84 Å². The molecule has 0 fully saturated rings. The molecule has 0 spiro atoms. The number of hydroxylamine groups is 1. The number of rotatable bonds is 0. The molecule has 2 radical (unpaired) electrons. The molecule has 0 unspecified atom stereocenters. The van der Waals surface area contributed by atoms with Crippen LogP contribution in [0.15, 0.2) is 24.6 Å². The van der Waals surface area contributed by atoms with Gasteiger partial charge in [-0.15, -0.1) is 0 Å². The van der Waals surface area contributed by atoms with Crippen molar-refractivity contribution in [2.24, 2.45) is 0 Å². The average Bonchev–Trinajstić information content (AvgIpc) is 1.72. The summed E-state index contributed by atoms with van der Waals surface area (Å²) >= 11 is 0. The molecule has 0 aromatic carbocycles. The zero-order valence-electron chi connectivity index (χ0n) is 3.92. The van der Waals surface area contributed by atoms with E-state index in [0.717, 1.165) is 0 Å². The summed E-state index contributed by atoms with van der Waals surface area (Å²) in [7, 11) is 0. The summed E-state index contributed by atoms with van der Waals surface area (Å²) in [6, 6.07) is 0. The molecule has 0 aromatic rings. The topological polar surface area (TPSA) is 21.3 Å². The van der Waals surface area contributed by atoms with Crippen molar-refractivity contribution < 1.29 is 4.84 Å². The van der Waals surface area contributed by atoms with Crippen molar-refractivity contribution in [1.29, 1.82) is 0 Å². The van der Waals surface area contributed by atoms with Crippen molar-refractivity contribution in [1.82, 2.24) is 5.48 Å². The first kappa shape index (κ1) is 7.00. The van der Waals surface area contributed by atoms with Gasteiger partial charge in [-0.1, -0.05) is 0 Å². The number of nitrogens with one attached hydrogen (secondary N) is 1. The van der Waals surface area contributed by atoms with E-state index >= 15 is 0 Å². The van der Waals surface area contributed by atoms with Gasteiger partial charge >= 0.3 is 27.3 Å². The normalized spacial score (nSPS) is 13.7. The third-order valence-corrected chi connectivity index (χ3v) is 0.490. The summed E-state index contributed by atoms with van der Waals surface area (Å²) in [5.41, 5.74) is 2.52. The predicted octanol–water partition coefficient (Wildman–Crippen LogP) is -0.368. The maximum absolute atomic E-state index is 4.55. The van der Waals surface area contributed by atoms with Gasteiger partial charge in [0, 0.05) is 6.20 Å². The Morgan fingerprint density at radius 1 is 1.29 bits per heavy atom. The molecule has 3 heteroatoms. The molecule has 0 atom stereocenters. The van der Waals surface area contributed by atoms with Crippen LogP contribution in [0.4, 0.5) is 0 Å². The molecule has 2 nitrogen and oxygen atoms in total. The second-order valence-electron chi connectivity index (χ2n) is 0.923. The van der Waals surface area contributed by atoms with Crippen molar-refractivity contribution in [3.63, 3.8) is 0 Å². The van der Waals surface area contributed by atoms with E-state index in [1.807, 2.05) is 6.08 Å². The summed E-state index contributed by atoms with van der Waals surface area (Å²) in [5.74, 6) is 0. The van der Waals surface area contributed by atoms with Crippen LogP contribution in [0.3, 0.4) is 0 Å². The van der Waals surface area contributed by atoms with Crippen LogP contribution >= 0.6 is 0 Å². The SMILES string of the molecule is C1=CNOC=C1.[PbH2]. The van der Waals surface area contributed by atoms with Crippen molar-refractivity contribution in [2.45, 2.75) is 0 Å². The molecule has 1 heterocycles. The fraction of sp³-hybridized carbons (Fsp3) is 0. The van der Waals surface area contributed by atoms with Gasteiger partial charge < -0.3 is 4.84 Å². The summed E-state index contributed by atoms with van der Waals surface area (Å²) in [6.07, 6.45) is 6.93. The Hall–Kier alpha value is 0.00208. The van der Waals surface area contributed by atoms with E-state index in [1.165, 1.54) is 0 Å². The number of allylic oxidation sites excluding steroid dienone is 2. The van der Waals surface area contributed by atoms with Crippen molar-refractivity contribution in [3.8, 4) is 0 Å². The van der Waals surface area contributed by atoms with Gasteiger partial charge in [0.25, 0.3) is 0 Å². The monoisotopic (exact) mass is 293 g/mol. The van der Waals surface area contributed by atoms with Gasteiger partial charge in [0.05, 0.1) is 0 Å². The molecule has 1 aliphatic heterocycles. The van der Waals surface area contributed by atoms with Gasteiger partial charge in [-0.2, -0.15) is 0 Å². The third kappa shape index (κ3) is 2.67. The molecule has 1 rings (SSSR count). The van der Waals surface area contributed by atoms with E-state index in [4.69, 9.17) is 0 Å². The Morgan fingerprint density at radius 2 is 2.14 bits per heavy atom. The Balaban J connectivity index is 0.000000360. The zero-order chi connectivity index (χ0) is 4.24. The molecule has 1 N–H and O–H groups in total. The zero-order valence-corrected chi connectivity index (χ0v) is 9.42. The first-order valence-corrected chi connectivity index (χ1v) is 1.73.